The molecule has 0 aliphatic carbocycles. The molecule has 3 heteroatoms. The maximum absolute atomic E-state index is 9.67. The van der Waals surface area contributed by atoms with E-state index in [4.69, 9.17) is 4.74 Å². The van der Waals surface area contributed by atoms with Crippen LogP contribution in [-0.2, 0) is 0 Å². The standard InChI is InChI=1S/C16H25NO2/c1-13(2)19-15-8-6-14(7-9-15)16(12-18)17-10-4-3-5-11-17/h6-9,13,16,18H,3-5,10-12H2,1-2H3. The van der Waals surface area contributed by atoms with Crippen LogP contribution in [0.3, 0.4) is 0 Å². The van der Waals surface area contributed by atoms with Gasteiger partial charge in [0.15, 0.2) is 0 Å². The van der Waals surface area contributed by atoms with Crippen LogP contribution in [0.2, 0.25) is 0 Å². The molecule has 0 saturated carbocycles. The van der Waals surface area contributed by atoms with Gasteiger partial charge in [-0.25, -0.2) is 0 Å². The molecule has 1 unspecified atom stereocenters. The molecule has 0 bridgehead atoms. The third-order valence-electron chi connectivity index (χ3n) is 3.64. The number of benzene rings is 1. The van der Waals surface area contributed by atoms with Gasteiger partial charge in [0, 0.05) is 0 Å². The van der Waals surface area contributed by atoms with E-state index < -0.39 is 0 Å². The number of piperidine rings is 1. The first-order valence-electron chi connectivity index (χ1n) is 7.32. The van der Waals surface area contributed by atoms with Gasteiger partial charge in [-0.3, -0.25) is 4.90 Å². The molecular weight excluding hydrogens is 238 g/mol. The summed E-state index contributed by atoms with van der Waals surface area (Å²) in [4.78, 5) is 2.39. The molecule has 1 heterocycles. The van der Waals surface area contributed by atoms with E-state index in [-0.39, 0.29) is 18.8 Å². The zero-order valence-electron chi connectivity index (χ0n) is 12.0. The highest BCUT2D eigenvalue weighted by molar-refractivity contribution is 5.29. The number of aliphatic hydroxyl groups excluding tert-OH is 1. The smallest absolute Gasteiger partial charge is 0.119 e. The molecule has 1 N–H and O–H groups in total. The Labute approximate surface area is 116 Å². The Balaban J connectivity index is 2.05. The second kappa shape index (κ2) is 6.92. The van der Waals surface area contributed by atoms with Crippen molar-refractivity contribution in [2.75, 3.05) is 19.7 Å². The van der Waals surface area contributed by atoms with Gasteiger partial charge in [-0.2, -0.15) is 0 Å². The molecule has 0 radical (unpaired) electrons. The van der Waals surface area contributed by atoms with E-state index in [1.165, 1.54) is 24.8 Å². The zero-order valence-corrected chi connectivity index (χ0v) is 12.0. The fourth-order valence-electron chi connectivity index (χ4n) is 2.70. The van der Waals surface area contributed by atoms with E-state index in [0.717, 1.165) is 18.8 Å². The third-order valence-corrected chi connectivity index (χ3v) is 3.64. The van der Waals surface area contributed by atoms with Gasteiger partial charge in [-0.05, 0) is 57.5 Å². The van der Waals surface area contributed by atoms with Gasteiger partial charge < -0.3 is 9.84 Å². The van der Waals surface area contributed by atoms with Crippen LogP contribution in [0.25, 0.3) is 0 Å². The van der Waals surface area contributed by atoms with Crippen LogP contribution in [0, 0.1) is 0 Å². The summed E-state index contributed by atoms with van der Waals surface area (Å²) < 4.78 is 5.65. The van der Waals surface area contributed by atoms with Gasteiger partial charge in [-0.15, -0.1) is 0 Å². The van der Waals surface area contributed by atoms with Crippen LogP contribution < -0.4 is 4.74 Å². The molecule has 0 amide bonds. The fraction of sp³-hybridized carbons (Fsp3) is 0.625. The molecule has 1 atom stereocenters. The van der Waals surface area contributed by atoms with Gasteiger partial charge in [0.25, 0.3) is 0 Å². The first kappa shape index (κ1) is 14.4. The molecule has 1 aliphatic rings. The van der Waals surface area contributed by atoms with E-state index in [1.807, 2.05) is 26.0 Å². The van der Waals surface area contributed by atoms with Crippen molar-refractivity contribution in [3.63, 3.8) is 0 Å². The zero-order chi connectivity index (χ0) is 13.7. The Hall–Kier alpha value is -1.06. The lowest BCUT2D eigenvalue weighted by Gasteiger charge is -2.33. The lowest BCUT2D eigenvalue weighted by Crippen LogP contribution is -2.35. The van der Waals surface area contributed by atoms with Crippen LogP contribution >= 0.6 is 0 Å². The summed E-state index contributed by atoms with van der Waals surface area (Å²) in [6.45, 7) is 6.42. The summed E-state index contributed by atoms with van der Waals surface area (Å²) in [5.74, 6) is 0.897. The number of rotatable bonds is 5. The quantitative estimate of drug-likeness (QED) is 0.886. The van der Waals surface area contributed by atoms with Gasteiger partial charge in [0.05, 0.1) is 18.8 Å². The Morgan fingerprint density at radius 1 is 1.11 bits per heavy atom. The van der Waals surface area contributed by atoms with Crippen LogP contribution in [0.4, 0.5) is 0 Å². The topological polar surface area (TPSA) is 32.7 Å². The molecular formula is C16H25NO2. The predicted octanol–water partition coefficient (Wildman–Crippen LogP) is 2.99. The Morgan fingerprint density at radius 3 is 2.26 bits per heavy atom. The highest BCUT2D eigenvalue weighted by atomic mass is 16.5. The predicted molar refractivity (Wildman–Crippen MR) is 77.5 cm³/mol. The van der Waals surface area contributed by atoms with Crippen LogP contribution in [0.1, 0.15) is 44.7 Å². The van der Waals surface area contributed by atoms with Crippen LogP contribution in [0.5, 0.6) is 5.75 Å². The lowest BCUT2D eigenvalue weighted by atomic mass is 10.0. The first-order valence-corrected chi connectivity index (χ1v) is 7.32. The number of nitrogens with zero attached hydrogens (tertiary/aromatic N) is 1. The van der Waals surface area contributed by atoms with Crippen molar-refractivity contribution in [2.45, 2.75) is 45.3 Å². The fourth-order valence-corrected chi connectivity index (χ4v) is 2.70. The van der Waals surface area contributed by atoms with E-state index in [1.54, 1.807) is 0 Å². The van der Waals surface area contributed by atoms with Crippen molar-refractivity contribution in [3.8, 4) is 5.75 Å². The molecule has 1 fully saturated rings. The largest absolute Gasteiger partial charge is 0.491 e. The Bertz CT molecular complexity index is 369. The number of likely N-dealkylation sites (tertiary alicyclic amines) is 1. The van der Waals surface area contributed by atoms with E-state index in [2.05, 4.69) is 17.0 Å². The van der Waals surface area contributed by atoms with Crippen molar-refractivity contribution in [1.29, 1.82) is 0 Å². The highest BCUT2D eigenvalue weighted by Crippen LogP contribution is 2.26. The summed E-state index contributed by atoms with van der Waals surface area (Å²) in [5, 5.41) is 9.67. The normalized spacial score (nSPS) is 18.5. The van der Waals surface area contributed by atoms with Gasteiger partial charge >= 0.3 is 0 Å². The maximum atomic E-state index is 9.67. The minimum Gasteiger partial charge on any atom is -0.491 e. The average molecular weight is 263 g/mol. The number of hydrogen-bond acceptors (Lipinski definition) is 3. The molecule has 1 aliphatic heterocycles. The Kier molecular flexibility index (Phi) is 5.23. The molecule has 1 aromatic rings. The second-order valence-corrected chi connectivity index (χ2v) is 5.53. The molecule has 1 aromatic carbocycles. The Morgan fingerprint density at radius 2 is 1.74 bits per heavy atom. The molecule has 0 aromatic heterocycles. The minimum absolute atomic E-state index is 0.133. The molecule has 2 rings (SSSR count). The van der Waals surface area contributed by atoms with Crippen molar-refractivity contribution in [1.82, 2.24) is 4.90 Å². The van der Waals surface area contributed by atoms with Crippen molar-refractivity contribution in [2.24, 2.45) is 0 Å². The monoisotopic (exact) mass is 263 g/mol. The number of ether oxygens (including phenoxy) is 1. The molecule has 0 spiro atoms. The van der Waals surface area contributed by atoms with Crippen molar-refractivity contribution in [3.05, 3.63) is 29.8 Å². The van der Waals surface area contributed by atoms with Crippen molar-refractivity contribution >= 4 is 0 Å². The van der Waals surface area contributed by atoms with E-state index in [9.17, 15) is 5.11 Å². The van der Waals surface area contributed by atoms with Crippen LogP contribution in [-0.4, -0.2) is 35.8 Å². The highest BCUT2D eigenvalue weighted by Gasteiger charge is 2.21. The summed E-state index contributed by atoms with van der Waals surface area (Å²) in [6.07, 6.45) is 3.99. The summed E-state index contributed by atoms with van der Waals surface area (Å²) in [5.41, 5.74) is 1.18. The molecule has 19 heavy (non-hydrogen) atoms. The minimum atomic E-state index is 0.133. The van der Waals surface area contributed by atoms with E-state index >= 15 is 0 Å². The lowest BCUT2D eigenvalue weighted by molar-refractivity contribution is 0.104. The molecule has 1 saturated heterocycles. The maximum Gasteiger partial charge on any atom is 0.119 e. The molecule has 106 valence electrons. The summed E-state index contributed by atoms with van der Waals surface area (Å²) >= 11 is 0. The van der Waals surface area contributed by atoms with Gasteiger partial charge in [-0.1, -0.05) is 18.6 Å². The number of aliphatic hydroxyl groups is 1. The SMILES string of the molecule is CC(C)Oc1ccc(C(CO)N2CCCCC2)cc1. The molecule has 3 nitrogen and oxygen atoms in total. The van der Waals surface area contributed by atoms with Gasteiger partial charge in [0.1, 0.15) is 5.75 Å². The van der Waals surface area contributed by atoms with E-state index in [0.29, 0.717) is 0 Å². The summed E-state index contributed by atoms with van der Waals surface area (Å²) in [7, 11) is 0. The number of hydrogen-bond donors (Lipinski definition) is 1. The van der Waals surface area contributed by atoms with Crippen LogP contribution in [0.15, 0.2) is 24.3 Å². The van der Waals surface area contributed by atoms with Crippen molar-refractivity contribution < 1.29 is 9.84 Å². The summed E-state index contributed by atoms with van der Waals surface area (Å²) in [6, 6.07) is 8.29. The van der Waals surface area contributed by atoms with Gasteiger partial charge in [0.2, 0.25) is 0 Å². The first-order chi connectivity index (χ1) is 9.20. The second-order valence-electron chi connectivity index (χ2n) is 5.53. The third kappa shape index (κ3) is 3.95. The average Bonchev–Trinajstić information content (AvgIpc) is 2.42.